The van der Waals surface area contributed by atoms with Crippen LogP contribution in [0.25, 0.3) is 11.0 Å². The Morgan fingerprint density at radius 1 is 1.32 bits per heavy atom. The van der Waals surface area contributed by atoms with Crippen LogP contribution in [0.5, 0.6) is 5.88 Å². The van der Waals surface area contributed by atoms with Gasteiger partial charge in [-0.2, -0.15) is 0 Å². The van der Waals surface area contributed by atoms with Crippen molar-refractivity contribution < 1.29 is 9.13 Å². The smallest absolute Gasteiger partial charge is 0.213 e. The van der Waals surface area contributed by atoms with Crippen molar-refractivity contribution in [2.24, 2.45) is 0 Å². The Balaban J connectivity index is 1.70. The molecular formula is C19H27FN4O. The molecule has 2 aromatic rings. The van der Waals surface area contributed by atoms with Crippen LogP contribution < -0.4 is 10.1 Å². The number of aromatic nitrogens is 2. The van der Waals surface area contributed by atoms with E-state index >= 15 is 0 Å². The van der Waals surface area contributed by atoms with E-state index < -0.39 is 0 Å². The van der Waals surface area contributed by atoms with Gasteiger partial charge in [0.2, 0.25) is 5.88 Å². The van der Waals surface area contributed by atoms with Gasteiger partial charge >= 0.3 is 0 Å². The molecule has 3 heterocycles. The summed E-state index contributed by atoms with van der Waals surface area (Å²) in [7, 11) is 1.57. The summed E-state index contributed by atoms with van der Waals surface area (Å²) in [6, 6.07) is 3.58. The Morgan fingerprint density at radius 3 is 2.76 bits per heavy atom. The van der Waals surface area contributed by atoms with Crippen molar-refractivity contribution in [2.75, 3.05) is 33.3 Å². The molecule has 1 N–H and O–H groups in total. The lowest BCUT2D eigenvalue weighted by Gasteiger charge is -2.40. The summed E-state index contributed by atoms with van der Waals surface area (Å²) < 4.78 is 19.5. The maximum atomic E-state index is 14.4. The molecule has 0 atom stereocenters. The second kappa shape index (κ2) is 7.62. The lowest BCUT2D eigenvalue weighted by molar-refractivity contribution is 0.149. The van der Waals surface area contributed by atoms with Crippen LogP contribution >= 0.6 is 0 Å². The summed E-state index contributed by atoms with van der Waals surface area (Å²) >= 11 is 0. The average molecular weight is 346 g/mol. The van der Waals surface area contributed by atoms with Crippen LogP contribution in [-0.2, 0) is 6.42 Å². The van der Waals surface area contributed by atoms with Crippen LogP contribution in [0.1, 0.15) is 32.3 Å². The molecule has 1 fully saturated rings. The third-order valence-electron chi connectivity index (χ3n) is 5.19. The molecule has 0 spiro atoms. The maximum absolute atomic E-state index is 14.4. The summed E-state index contributed by atoms with van der Waals surface area (Å²) in [5.74, 6) is 0.197. The van der Waals surface area contributed by atoms with E-state index in [1.165, 1.54) is 6.20 Å². The van der Waals surface area contributed by atoms with Gasteiger partial charge in [-0.15, -0.1) is 0 Å². The van der Waals surface area contributed by atoms with Crippen LogP contribution in [0.15, 0.2) is 18.3 Å². The summed E-state index contributed by atoms with van der Waals surface area (Å²) in [6.07, 6.45) is 4.16. The van der Waals surface area contributed by atoms with Gasteiger partial charge < -0.3 is 15.0 Å². The largest absolute Gasteiger partial charge is 0.481 e. The molecule has 1 saturated heterocycles. The van der Waals surface area contributed by atoms with Crippen LogP contribution in [0.3, 0.4) is 0 Å². The molecule has 0 aromatic carbocycles. The van der Waals surface area contributed by atoms with Gasteiger partial charge in [0.1, 0.15) is 5.82 Å². The number of fused-ring (bicyclic) bond motifs is 1. The minimum absolute atomic E-state index is 0.231. The van der Waals surface area contributed by atoms with Gasteiger partial charge in [-0.1, -0.05) is 6.92 Å². The highest BCUT2D eigenvalue weighted by Gasteiger charge is 2.28. The van der Waals surface area contributed by atoms with Gasteiger partial charge in [-0.25, -0.2) is 9.37 Å². The minimum atomic E-state index is -0.289. The number of ether oxygens (including phenoxy) is 1. The molecule has 136 valence electrons. The third-order valence-corrected chi connectivity index (χ3v) is 5.19. The Kier molecular flexibility index (Phi) is 5.49. The molecule has 0 bridgehead atoms. The van der Waals surface area contributed by atoms with Crippen molar-refractivity contribution in [1.82, 2.24) is 20.2 Å². The fourth-order valence-electron chi connectivity index (χ4n) is 3.57. The number of hydrogen-bond acceptors (Lipinski definition) is 5. The first-order valence-electron chi connectivity index (χ1n) is 9.00. The van der Waals surface area contributed by atoms with Crippen molar-refractivity contribution in [1.29, 1.82) is 0 Å². The van der Waals surface area contributed by atoms with E-state index in [-0.39, 0.29) is 11.4 Å². The minimum Gasteiger partial charge on any atom is -0.481 e. The van der Waals surface area contributed by atoms with Crippen molar-refractivity contribution in [3.05, 3.63) is 29.7 Å². The van der Waals surface area contributed by atoms with Gasteiger partial charge in [-0.05, 0) is 51.9 Å². The number of pyridine rings is 2. The topological polar surface area (TPSA) is 50.3 Å². The van der Waals surface area contributed by atoms with Gasteiger partial charge in [0, 0.05) is 23.7 Å². The molecule has 2 aromatic heterocycles. The van der Waals surface area contributed by atoms with Crippen molar-refractivity contribution in [2.45, 2.75) is 38.6 Å². The fraction of sp³-hybridized carbons (Fsp3) is 0.579. The van der Waals surface area contributed by atoms with E-state index in [0.29, 0.717) is 28.9 Å². The summed E-state index contributed by atoms with van der Waals surface area (Å²) in [5, 5.41) is 3.58. The highest BCUT2D eigenvalue weighted by Crippen LogP contribution is 2.24. The first-order valence-corrected chi connectivity index (χ1v) is 9.00. The molecule has 3 rings (SSSR count). The number of likely N-dealkylation sites (tertiary alicyclic amines) is 1. The quantitative estimate of drug-likeness (QED) is 0.872. The second-order valence-corrected chi connectivity index (χ2v) is 6.99. The molecule has 0 unspecified atom stereocenters. The molecule has 0 amide bonds. The molecule has 5 nitrogen and oxygen atoms in total. The van der Waals surface area contributed by atoms with Crippen LogP contribution in [0, 0.1) is 5.82 Å². The molecule has 6 heteroatoms. The number of hydrogen-bond donors (Lipinski definition) is 1. The normalized spacial score (nSPS) is 17.8. The van der Waals surface area contributed by atoms with E-state index in [4.69, 9.17) is 4.74 Å². The highest BCUT2D eigenvalue weighted by atomic mass is 19.1. The van der Waals surface area contributed by atoms with Crippen LogP contribution in [0.2, 0.25) is 0 Å². The van der Waals surface area contributed by atoms with E-state index in [0.717, 1.165) is 39.0 Å². The Bertz CT molecular complexity index is 729. The fourth-order valence-corrected chi connectivity index (χ4v) is 3.57. The Hall–Kier alpha value is -1.79. The molecule has 1 aliphatic heterocycles. The number of nitrogens with zero attached hydrogens (tertiary/aromatic N) is 3. The predicted molar refractivity (Wildman–Crippen MR) is 97.5 cm³/mol. The molecule has 25 heavy (non-hydrogen) atoms. The first kappa shape index (κ1) is 18.0. The summed E-state index contributed by atoms with van der Waals surface area (Å²) in [6.45, 7) is 8.33. The average Bonchev–Trinajstić information content (AvgIpc) is 2.62. The van der Waals surface area contributed by atoms with Gasteiger partial charge in [-0.3, -0.25) is 4.98 Å². The SMILES string of the molecule is CCNC1(C)CCN(CCc2c(F)cnc3ccc(OC)nc23)CC1. The number of piperidine rings is 1. The summed E-state index contributed by atoms with van der Waals surface area (Å²) in [5.41, 5.74) is 2.17. The zero-order chi connectivity index (χ0) is 17.9. The van der Waals surface area contributed by atoms with Gasteiger partial charge in [0.25, 0.3) is 0 Å². The number of methoxy groups -OCH3 is 1. The van der Waals surface area contributed by atoms with Crippen molar-refractivity contribution in [3.8, 4) is 5.88 Å². The highest BCUT2D eigenvalue weighted by molar-refractivity contribution is 5.78. The third kappa shape index (κ3) is 4.07. The van der Waals surface area contributed by atoms with E-state index in [9.17, 15) is 4.39 Å². The Morgan fingerprint density at radius 2 is 2.08 bits per heavy atom. The van der Waals surface area contributed by atoms with Crippen LogP contribution in [-0.4, -0.2) is 53.7 Å². The van der Waals surface area contributed by atoms with Gasteiger partial charge in [0.15, 0.2) is 0 Å². The molecule has 0 saturated carbocycles. The van der Waals surface area contributed by atoms with Gasteiger partial charge in [0.05, 0.1) is 24.3 Å². The first-order chi connectivity index (χ1) is 12.0. The zero-order valence-electron chi connectivity index (χ0n) is 15.3. The van der Waals surface area contributed by atoms with Crippen molar-refractivity contribution in [3.63, 3.8) is 0 Å². The van der Waals surface area contributed by atoms with Crippen LogP contribution in [0.4, 0.5) is 4.39 Å². The Labute approximate surface area is 148 Å². The zero-order valence-corrected chi connectivity index (χ0v) is 15.3. The van der Waals surface area contributed by atoms with E-state index in [2.05, 4.69) is 34.0 Å². The second-order valence-electron chi connectivity index (χ2n) is 6.99. The number of rotatable bonds is 6. The summed E-state index contributed by atoms with van der Waals surface area (Å²) in [4.78, 5) is 11.0. The number of nitrogens with one attached hydrogen (secondary N) is 1. The lowest BCUT2D eigenvalue weighted by atomic mass is 9.89. The predicted octanol–water partition coefficient (Wildman–Crippen LogP) is 2.78. The van der Waals surface area contributed by atoms with E-state index in [1.54, 1.807) is 13.2 Å². The molecule has 0 radical (unpaired) electrons. The standard InChI is InChI=1S/C19H27FN4O/c1-4-22-19(2)8-11-24(12-9-19)10-7-14-15(20)13-21-16-5-6-17(25-3)23-18(14)16/h5-6,13,22H,4,7-12H2,1-3H3. The molecule has 1 aliphatic rings. The molecule has 0 aliphatic carbocycles. The monoisotopic (exact) mass is 346 g/mol. The molecular weight excluding hydrogens is 319 g/mol. The number of halogens is 1. The lowest BCUT2D eigenvalue weighted by Crippen LogP contribution is -2.51. The van der Waals surface area contributed by atoms with Crippen molar-refractivity contribution >= 4 is 11.0 Å². The van der Waals surface area contributed by atoms with E-state index in [1.807, 2.05) is 6.07 Å². The maximum Gasteiger partial charge on any atom is 0.213 e.